The van der Waals surface area contributed by atoms with E-state index in [1.807, 2.05) is 0 Å². The molecular formula is C9H11FO2. The van der Waals surface area contributed by atoms with Gasteiger partial charge in [0.05, 0.1) is 14.2 Å². The van der Waals surface area contributed by atoms with Crippen LogP contribution in [0.25, 0.3) is 0 Å². The molecule has 0 fully saturated rings. The molecule has 0 bridgehead atoms. The van der Waals surface area contributed by atoms with E-state index < -0.39 is 5.82 Å². The van der Waals surface area contributed by atoms with Gasteiger partial charge in [0.25, 0.3) is 0 Å². The van der Waals surface area contributed by atoms with Gasteiger partial charge in [-0.2, -0.15) is 0 Å². The van der Waals surface area contributed by atoms with E-state index in [0.717, 1.165) is 5.56 Å². The molecule has 0 radical (unpaired) electrons. The second-order valence-corrected chi connectivity index (χ2v) is 2.48. The Morgan fingerprint density at radius 1 is 1.17 bits per heavy atom. The SMILES string of the molecule is COc1cc(C)cc(F)c1OC. The van der Waals surface area contributed by atoms with Crippen LogP contribution in [0.3, 0.4) is 0 Å². The molecule has 66 valence electrons. The molecule has 0 aliphatic heterocycles. The number of halogens is 1. The van der Waals surface area contributed by atoms with Gasteiger partial charge in [0, 0.05) is 0 Å². The Hall–Kier alpha value is -1.25. The van der Waals surface area contributed by atoms with E-state index in [-0.39, 0.29) is 5.75 Å². The van der Waals surface area contributed by atoms with Crippen LogP contribution in [0.5, 0.6) is 11.5 Å². The smallest absolute Gasteiger partial charge is 0.196 e. The van der Waals surface area contributed by atoms with Crippen molar-refractivity contribution >= 4 is 0 Å². The van der Waals surface area contributed by atoms with Crippen molar-refractivity contribution in [3.8, 4) is 11.5 Å². The third-order valence-electron chi connectivity index (χ3n) is 1.58. The average Bonchev–Trinajstić information content (AvgIpc) is 2.03. The number of benzene rings is 1. The summed E-state index contributed by atoms with van der Waals surface area (Å²) in [5.41, 5.74) is 0.810. The first kappa shape index (κ1) is 8.84. The predicted molar refractivity (Wildman–Crippen MR) is 44.2 cm³/mol. The molecule has 0 saturated heterocycles. The number of aryl methyl sites for hydroxylation is 1. The van der Waals surface area contributed by atoms with Crippen molar-refractivity contribution in [3.05, 3.63) is 23.5 Å². The van der Waals surface area contributed by atoms with Crippen molar-refractivity contribution in [2.24, 2.45) is 0 Å². The zero-order valence-corrected chi connectivity index (χ0v) is 7.35. The maximum absolute atomic E-state index is 13.1. The first-order chi connectivity index (χ1) is 5.69. The second kappa shape index (κ2) is 3.43. The molecule has 0 N–H and O–H groups in total. The number of rotatable bonds is 2. The minimum atomic E-state index is -0.394. The standard InChI is InChI=1S/C9H11FO2/c1-6-4-7(10)9(12-3)8(5-6)11-2/h4-5H,1-3H3. The van der Waals surface area contributed by atoms with Crippen LogP contribution in [0.1, 0.15) is 5.56 Å². The number of ether oxygens (including phenoxy) is 2. The van der Waals surface area contributed by atoms with E-state index in [2.05, 4.69) is 0 Å². The van der Waals surface area contributed by atoms with Crippen molar-refractivity contribution in [1.29, 1.82) is 0 Å². The molecule has 1 rings (SSSR count). The van der Waals surface area contributed by atoms with Crippen LogP contribution in [0.15, 0.2) is 12.1 Å². The molecule has 0 spiro atoms. The third kappa shape index (κ3) is 1.49. The van der Waals surface area contributed by atoms with E-state index in [4.69, 9.17) is 9.47 Å². The highest BCUT2D eigenvalue weighted by atomic mass is 19.1. The summed E-state index contributed by atoms with van der Waals surface area (Å²) in [6.45, 7) is 1.80. The summed E-state index contributed by atoms with van der Waals surface area (Å²) in [5.74, 6) is 0.187. The molecule has 3 heteroatoms. The van der Waals surface area contributed by atoms with Crippen molar-refractivity contribution in [3.63, 3.8) is 0 Å². The summed E-state index contributed by atoms with van der Waals surface area (Å²) in [6.07, 6.45) is 0. The van der Waals surface area contributed by atoms with Crippen LogP contribution in [0.4, 0.5) is 4.39 Å². The van der Waals surface area contributed by atoms with Gasteiger partial charge < -0.3 is 9.47 Å². The average molecular weight is 170 g/mol. The first-order valence-electron chi connectivity index (χ1n) is 3.57. The highest BCUT2D eigenvalue weighted by Crippen LogP contribution is 2.30. The Morgan fingerprint density at radius 3 is 2.33 bits per heavy atom. The van der Waals surface area contributed by atoms with Crippen LogP contribution in [0, 0.1) is 12.7 Å². The van der Waals surface area contributed by atoms with E-state index in [0.29, 0.717) is 5.75 Å². The monoisotopic (exact) mass is 170 g/mol. The minimum absolute atomic E-state index is 0.156. The lowest BCUT2D eigenvalue weighted by Crippen LogP contribution is -1.94. The minimum Gasteiger partial charge on any atom is -0.493 e. The fourth-order valence-electron chi connectivity index (χ4n) is 1.05. The largest absolute Gasteiger partial charge is 0.493 e. The lowest BCUT2D eigenvalue weighted by molar-refractivity contribution is 0.337. The summed E-state index contributed by atoms with van der Waals surface area (Å²) in [5, 5.41) is 0. The molecule has 1 aromatic rings. The highest BCUT2D eigenvalue weighted by molar-refractivity contribution is 5.43. The van der Waals surface area contributed by atoms with E-state index in [1.54, 1.807) is 13.0 Å². The van der Waals surface area contributed by atoms with Gasteiger partial charge in [-0.15, -0.1) is 0 Å². The summed E-state index contributed by atoms with van der Waals surface area (Å²) in [4.78, 5) is 0. The van der Waals surface area contributed by atoms with Crippen LogP contribution in [-0.2, 0) is 0 Å². The molecule has 0 unspecified atom stereocenters. The zero-order chi connectivity index (χ0) is 9.14. The zero-order valence-electron chi connectivity index (χ0n) is 7.35. The Kier molecular flexibility index (Phi) is 2.53. The van der Waals surface area contributed by atoms with Crippen molar-refractivity contribution < 1.29 is 13.9 Å². The fraction of sp³-hybridized carbons (Fsp3) is 0.333. The number of hydrogen-bond acceptors (Lipinski definition) is 2. The molecular weight excluding hydrogens is 159 g/mol. The predicted octanol–water partition coefficient (Wildman–Crippen LogP) is 2.15. The summed E-state index contributed by atoms with van der Waals surface area (Å²) < 4.78 is 22.8. The van der Waals surface area contributed by atoms with E-state index in [1.165, 1.54) is 20.3 Å². The van der Waals surface area contributed by atoms with E-state index >= 15 is 0 Å². The van der Waals surface area contributed by atoms with Crippen molar-refractivity contribution in [2.45, 2.75) is 6.92 Å². The molecule has 12 heavy (non-hydrogen) atoms. The quantitative estimate of drug-likeness (QED) is 0.677. The van der Waals surface area contributed by atoms with Gasteiger partial charge in [-0.05, 0) is 24.6 Å². The number of methoxy groups -OCH3 is 2. The van der Waals surface area contributed by atoms with Crippen LogP contribution in [0.2, 0.25) is 0 Å². The van der Waals surface area contributed by atoms with Crippen molar-refractivity contribution in [2.75, 3.05) is 14.2 Å². The highest BCUT2D eigenvalue weighted by Gasteiger charge is 2.09. The topological polar surface area (TPSA) is 18.5 Å². The Labute approximate surface area is 70.9 Å². The van der Waals surface area contributed by atoms with Gasteiger partial charge in [0.2, 0.25) is 0 Å². The molecule has 0 heterocycles. The normalized spacial score (nSPS) is 9.67. The Balaban J connectivity index is 3.24. The molecule has 0 atom stereocenters. The maximum Gasteiger partial charge on any atom is 0.196 e. The van der Waals surface area contributed by atoms with Crippen LogP contribution >= 0.6 is 0 Å². The van der Waals surface area contributed by atoms with Crippen LogP contribution in [-0.4, -0.2) is 14.2 Å². The molecule has 1 aromatic carbocycles. The summed E-state index contributed by atoms with van der Waals surface area (Å²) in [7, 11) is 2.90. The maximum atomic E-state index is 13.1. The molecule has 0 amide bonds. The fourth-order valence-corrected chi connectivity index (χ4v) is 1.05. The van der Waals surface area contributed by atoms with Gasteiger partial charge in [-0.1, -0.05) is 0 Å². The lowest BCUT2D eigenvalue weighted by Gasteiger charge is -2.08. The van der Waals surface area contributed by atoms with E-state index in [9.17, 15) is 4.39 Å². The lowest BCUT2D eigenvalue weighted by atomic mass is 10.2. The second-order valence-electron chi connectivity index (χ2n) is 2.48. The first-order valence-corrected chi connectivity index (χ1v) is 3.57. The molecule has 0 aromatic heterocycles. The van der Waals surface area contributed by atoms with Gasteiger partial charge >= 0.3 is 0 Å². The molecule has 0 saturated carbocycles. The van der Waals surface area contributed by atoms with Gasteiger partial charge in [0.15, 0.2) is 17.3 Å². The number of hydrogen-bond donors (Lipinski definition) is 0. The third-order valence-corrected chi connectivity index (χ3v) is 1.58. The summed E-state index contributed by atoms with van der Waals surface area (Å²) in [6, 6.07) is 3.13. The van der Waals surface area contributed by atoms with Gasteiger partial charge in [0.1, 0.15) is 0 Å². The van der Waals surface area contributed by atoms with Gasteiger partial charge in [-0.25, -0.2) is 4.39 Å². The van der Waals surface area contributed by atoms with Gasteiger partial charge in [-0.3, -0.25) is 0 Å². The molecule has 0 aliphatic rings. The van der Waals surface area contributed by atoms with Crippen molar-refractivity contribution in [1.82, 2.24) is 0 Å². The Bertz CT molecular complexity index is 284. The Morgan fingerprint density at radius 2 is 1.83 bits per heavy atom. The summed E-state index contributed by atoms with van der Waals surface area (Å²) >= 11 is 0. The van der Waals surface area contributed by atoms with Crippen LogP contribution < -0.4 is 9.47 Å². The molecule has 0 aliphatic carbocycles. The molecule has 2 nitrogen and oxygen atoms in total.